The van der Waals surface area contributed by atoms with Crippen molar-refractivity contribution in [1.29, 1.82) is 0 Å². The number of hydrogen-bond acceptors (Lipinski definition) is 5. The topological polar surface area (TPSA) is 75.7 Å². The van der Waals surface area contributed by atoms with Crippen molar-refractivity contribution >= 4 is 16.0 Å². The average Bonchev–Trinajstić information content (AvgIpc) is 2.73. The van der Waals surface area contributed by atoms with E-state index in [1.54, 1.807) is 12.1 Å². The van der Waals surface area contributed by atoms with Crippen LogP contribution in [0.25, 0.3) is 0 Å². The molecule has 0 aliphatic heterocycles. The number of esters is 1. The highest BCUT2D eigenvalue weighted by molar-refractivity contribution is 7.89. The van der Waals surface area contributed by atoms with E-state index >= 15 is 0 Å². The van der Waals surface area contributed by atoms with Crippen molar-refractivity contribution in [3.8, 4) is 0 Å². The molecule has 0 fully saturated rings. The zero-order chi connectivity index (χ0) is 22.7. The molecular weight excluding hydrogens is 412 g/mol. The first-order chi connectivity index (χ1) is 14.8. The highest BCUT2D eigenvalue weighted by Crippen LogP contribution is 2.14. The maximum atomic E-state index is 12.9. The van der Waals surface area contributed by atoms with Gasteiger partial charge >= 0.3 is 5.97 Å². The van der Waals surface area contributed by atoms with Crippen molar-refractivity contribution in [2.75, 3.05) is 20.6 Å². The fourth-order valence-corrected chi connectivity index (χ4v) is 4.51. The number of sulfonamides is 1. The van der Waals surface area contributed by atoms with Crippen molar-refractivity contribution in [2.45, 2.75) is 56.6 Å². The first-order valence-corrected chi connectivity index (χ1v) is 12.2. The lowest BCUT2D eigenvalue weighted by molar-refractivity contribution is -0.145. The second-order valence-corrected chi connectivity index (χ2v) is 9.75. The molecule has 0 heterocycles. The minimum absolute atomic E-state index is 0.0423. The summed E-state index contributed by atoms with van der Waals surface area (Å²) in [7, 11) is -0.0742. The Morgan fingerprint density at radius 2 is 1.68 bits per heavy atom. The van der Waals surface area contributed by atoms with Gasteiger partial charge in [0, 0.05) is 12.6 Å². The molecule has 0 aromatic heterocycles. The summed E-state index contributed by atoms with van der Waals surface area (Å²) in [4.78, 5) is 14.4. The SMILES string of the molecule is CCCCCc1ccc(S(=O)(=O)N[C@H](CC(=O)OCc2ccccc2)CN(C)C)cc1. The Balaban J connectivity index is 1.98. The van der Waals surface area contributed by atoms with Gasteiger partial charge in [-0.1, -0.05) is 62.2 Å². The third-order valence-corrected chi connectivity index (χ3v) is 6.40. The number of unbranched alkanes of at least 4 members (excludes halogenated alkanes) is 2. The zero-order valence-corrected chi connectivity index (χ0v) is 19.5. The molecule has 0 radical (unpaired) electrons. The Bertz CT molecular complexity index is 897. The number of nitrogens with zero attached hydrogens (tertiary/aromatic N) is 1. The molecule has 0 unspecified atom stereocenters. The highest BCUT2D eigenvalue weighted by Gasteiger charge is 2.23. The van der Waals surface area contributed by atoms with Crippen LogP contribution in [0.1, 0.15) is 43.7 Å². The van der Waals surface area contributed by atoms with Crippen LogP contribution in [0.5, 0.6) is 0 Å². The number of likely N-dealkylation sites (N-methyl/N-ethyl adjacent to an activating group) is 1. The first kappa shape index (κ1) is 25.0. The van der Waals surface area contributed by atoms with Crippen LogP contribution in [0.3, 0.4) is 0 Å². The Morgan fingerprint density at radius 3 is 2.29 bits per heavy atom. The first-order valence-electron chi connectivity index (χ1n) is 10.8. The Kier molecular flexibility index (Phi) is 10.2. The molecule has 7 heteroatoms. The summed E-state index contributed by atoms with van der Waals surface area (Å²) in [5.74, 6) is -0.440. The van der Waals surface area contributed by atoms with Gasteiger partial charge in [-0.2, -0.15) is 0 Å². The molecule has 0 saturated carbocycles. The Labute approximate surface area is 186 Å². The van der Waals surface area contributed by atoms with Crippen LogP contribution < -0.4 is 4.72 Å². The number of nitrogens with one attached hydrogen (secondary N) is 1. The quantitative estimate of drug-likeness (QED) is 0.375. The molecule has 2 rings (SSSR count). The fraction of sp³-hybridized carbons (Fsp3) is 0.458. The van der Waals surface area contributed by atoms with Gasteiger partial charge in [0.25, 0.3) is 0 Å². The number of benzene rings is 2. The molecule has 0 bridgehead atoms. The normalized spacial score (nSPS) is 12.6. The fourth-order valence-electron chi connectivity index (χ4n) is 3.28. The van der Waals surface area contributed by atoms with E-state index in [9.17, 15) is 13.2 Å². The second kappa shape index (κ2) is 12.6. The molecule has 1 N–H and O–H groups in total. The van der Waals surface area contributed by atoms with Gasteiger partial charge in [-0.15, -0.1) is 0 Å². The van der Waals surface area contributed by atoms with Gasteiger partial charge < -0.3 is 9.64 Å². The van der Waals surface area contributed by atoms with Crippen molar-refractivity contribution in [2.24, 2.45) is 0 Å². The van der Waals surface area contributed by atoms with E-state index in [1.807, 2.05) is 61.5 Å². The van der Waals surface area contributed by atoms with Crippen LogP contribution in [-0.2, 0) is 32.6 Å². The third-order valence-electron chi connectivity index (χ3n) is 4.87. The molecule has 6 nitrogen and oxygen atoms in total. The molecule has 0 spiro atoms. The molecule has 0 aliphatic carbocycles. The third kappa shape index (κ3) is 9.21. The standard InChI is InChI=1S/C24H34N2O4S/c1-4-5-7-10-20-13-15-23(16-14-20)31(28,29)25-22(18-26(2)3)17-24(27)30-19-21-11-8-6-9-12-21/h6,8-9,11-16,22,25H,4-5,7,10,17-19H2,1-3H3/t22-/m1/s1. The predicted molar refractivity (Wildman–Crippen MR) is 123 cm³/mol. The molecule has 1 atom stereocenters. The molecule has 0 saturated heterocycles. The minimum Gasteiger partial charge on any atom is -0.461 e. The molecule has 0 amide bonds. The number of carbonyl (C=O) groups excluding carboxylic acids is 1. The molecule has 170 valence electrons. The van der Waals surface area contributed by atoms with Gasteiger partial charge in [0.15, 0.2) is 0 Å². The van der Waals surface area contributed by atoms with E-state index in [0.717, 1.165) is 36.8 Å². The summed E-state index contributed by atoms with van der Waals surface area (Å²) in [5.41, 5.74) is 2.02. The van der Waals surface area contributed by atoms with Crippen LogP contribution in [0.2, 0.25) is 0 Å². The van der Waals surface area contributed by atoms with Gasteiger partial charge in [-0.05, 0) is 50.2 Å². The molecule has 0 aliphatic rings. The Morgan fingerprint density at radius 1 is 1.00 bits per heavy atom. The van der Waals surface area contributed by atoms with Crippen molar-refractivity contribution in [1.82, 2.24) is 9.62 Å². The summed E-state index contributed by atoms with van der Waals surface area (Å²) in [6.45, 7) is 2.71. The predicted octanol–water partition coefficient (Wildman–Crippen LogP) is 3.76. The maximum Gasteiger partial charge on any atom is 0.307 e. The van der Waals surface area contributed by atoms with Gasteiger partial charge in [0.1, 0.15) is 6.61 Å². The molecule has 2 aromatic carbocycles. The summed E-state index contributed by atoms with van der Waals surface area (Å²) >= 11 is 0. The van der Waals surface area contributed by atoms with Crippen molar-refractivity contribution in [3.05, 3.63) is 65.7 Å². The van der Waals surface area contributed by atoms with Gasteiger partial charge in [0.2, 0.25) is 10.0 Å². The van der Waals surface area contributed by atoms with Crippen LogP contribution in [-0.4, -0.2) is 46.0 Å². The van der Waals surface area contributed by atoms with Crippen LogP contribution in [0.4, 0.5) is 0 Å². The van der Waals surface area contributed by atoms with Gasteiger partial charge in [-0.3, -0.25) is 4.79 Å². The van der Waals surface area contributed by atoms with E-state index in [4.69, 9.17) is 4.74 Å². The molecule has 2 aromatic rings. The van der Waals surface area contributed by atoms with Crippen molar-refractivity contribution in [3.63, 3.8) is 0 Å². The second-order valence-electron chi connectivity index (χ2n) is 8.03. The highest BCUT2D eigenvalue weighted by atomic mass is 32.2. The van der Waals surface area contributed by atoms with E-state index in [1.165, 1.54) is 0 Å². The number of aryl methyl sites for hydroxylation is 1. The van der Waals surface area contributed by atoms with Gasteiger partial charge in [-0.25, -0.2) is 13.1 Å². The monoisotopic (exact) mass is 446 g/mol. The Hall–Kier alpha value is -2.22. The summed E-state index contributed by atoms with van der Waals surface area (Å²) in [5, 5.41) is 0. The minimum atomic E-state index is -3.74. The van der Waals surface area contributed by atoms with E-state index in [2.05, 4.69) is 11.6 Å². The van der Waals surface area contributed by atoms with Crippen LogP contribution in [0, 0.1) is 0 Å². The van der Waals surface area contributed by atoms with E-state index in [-0.39, 0.29) is 17.9 Å². The molecular formula is C24H34N2O4S. The lowest BCUT2D eigenvalue weighted by Crippen LogP contribution is -2.43. The largest absolute Gasteiger partial charge is 0.461 e. The lowest BCUT2D eigenvalue weighted by Gasteiger charge is -2.21. The summed E-state index contributed by atoms with van der Waals surface area (Å²) < 4.78 is 33.8. The zero-order valence-electron chi connectivity index (χ0n) is 18.7. The summed E-state index contributed by atoms with van der Waals surface area (Å²) in [6.07, 6.45) is 4.31. The summed E-state index contributed by atoms with van der Waals surface area (Å²) in [6, 6.07) is 15.8. The average molecular weight is 447 g/mol. The lowest BCUT2D eigenvalue weighted by atomic mass is 10.1. The van der Waals surface area contributed by atoms with Crippen LogP contribution in [0.15, 0.2) is 59.5 Å². The van der Waals surface area contributed by atoms with E-state index in [0.29, 0.717) is 6.54 Å². The number of ether oxygens (including phenoxy) is 1. The molecule has 31 heavy (non-hydrogen) atoms. The van der Waals surface area contributed by atoms with Crippen molar-refractivity contribution < 1.29 is 17.9 Å². The van der Waals surface area contributed by atoms with E-state index < -0.39 is 22.0 Å². The number of hydrogen-bond donors (Lipinski definition) is 1. The maximum absolute atomic E-state index is 12.9. The van der Waals surface area contributed by atoms with Gasteiger partial charge in [0.05, 0.1) is 11.3 Å². The number of carbonyl (C=O) groups is 1. The smallest absolute Gasteiger partial charge is 0.307 e. The van der Waals surface area contributed by atoms with Crippen LogP contribution >= 0.6 is 0 Å². The number of rotatable bonds is 13.